The Morgan fingerprint density at radius 3 is 2.52 bits per heavy atom. The Bertz CT molecular complexity index is 733. The number of hydrogen-bond donors (Lipinski definition) is 5. The van der Waals surface area contributed by atoms with Crippen molar-refractivity contribution in [1.29, 1.82) is 0 Å². The van der Waals surface area contributed by atoms with E-state index in [2.05, 4.69) is 4.76 Å². The topological polar surface area (TPSA) is 131 Å². The molecule has 0 spiro atoms. The van der Waals surface area contributed by atoms with Crippen LogP contribution in [0, 0.1) is 0 Å². The third kappa shape index (κ3) is 4.53. The number of phenolic OH excluding ortho intramolecular Hbond substituents is 1. The molecule has 23 heavy (non-hydrogen) atoms. The molecule has 0 heterocycles. The molecule has 2 atom stereocenters. The number of allylic oxidation sites excluding steroid dienone is 3. The third-order valence-corrected chi connectivity index (χ3v) is 4.08. The van der Waals surface area contributed by atoms with Crippen molar-refractivity contribution >= 4 is 13.5 Å². The normalized spacial score (nSPS) is 19.9. The zero-order valence-electron chi connectivity index (χ0n) is 12.4. The third-order valence-electron chi connectivity index (χ3n) is 3.58. The second kappa shape index (κ2) is 6.68. The van der Waals surface area contributed by atoms with Crippen molar-refractivity contribution in [2.45, 2.75) is 25.4 Å². The standard InChI is InChI=1S/C15H18NO6P/c1-9(10-3-2-4-11(17)7-10)15(19)13-6-5-12(18)8-14(13)16-23(20,21)22/h2-7,9,15,17-19H,8H2,1H3,(H2,20,21,22). The highest BCUT2D eigenvalue weighted by Crippen LogP contribution is 2.39. The molecular formula is C15H18NO6P. The Labute approximate surface area is 133 Å². The summed E-state index contributed by atoms with van der Waals surface area (Å²) in [7, 11) is -4.69. The zero-order chi connectivity index (χ0) is 17.2. The predicted octanol–water partition coefficient (Wildman–Crippen LogP) is 2.16. The molecule has 124 valence electrons. The molecule has 0 aromatic heterocycles. The lowest BCUT2D eigenvalue weighted by Crippen LogP contribution is -2.25. The molecule has 0 aliphatic heterocycles. The molecule has 7 nitrogen and oxygen atoms in total. The van der Waals surface area contributed by atoms with Gasteiger partial charge >= 0.3 is 7.75 Å². The van der Waals surface area contributed by atoms with Gasteiger partial charge in [-0.1, -0.05) is 25.1 Å². The van der Waals surface area contributed by atoms with Crippen LogP contribution in [-0.4, -0.2) is 36.9 Å². The molecule has 1 aromatic carbocycles. The molecule has 0 fully saturated rings. The summed E-state index contributed by atoms with van der Waals surface area (Å²) in [6.07, 6.45) is 1.47. The summed E-state index contributed by atoms with van der Waals surface area (Å²) >= 11 is 0. The van der Waals surface area contributed by atoms with Gasteiger partial charge in [0.1, 0.15) is 5.75 Å². The molecule has 1 aromatic rings. The summed E-state index contributed by atoms with van der Waals surface area (Å²) in [5.41, 5.74) is 0.826. The van der Waals surface area contributed by atoms with Gasteiger partial charge in [0.2, 0.25) is 0 Å². The van der Waals surface area contributed by atoms with Crippen molar-refractivity contribution in [3.8, 4) is 5.75 Å². The van der Waals surface area contributed by atoms with Gasteiger partial charge in [-0.15, -0.1) is 0 Å². The van der Waals surface area contributed by atoms with E-state index in [0.717, 1.165) is 0 Å². The second-order valence-electron chi connectivity index (χ2n) is 5.35. The Hall–Kier alpha value is -1.92. The molecule has 0 saturated carbocycles. The molecule has 0 radical (unpaired) electrons. The predicted molar refractivity (Wildman–Crippen MR) is 85.4 cm³/mol. The summed E-state index contributed by atoms with van der Waals surface area (Å²) in [6, 6.07) is 6.37. The van der Waals surface area contributed by atoms with Gasteiger partial charge in [-0.3, -0.25) is 0 Å². The van der Waals surface area contributed by atoms with E-state index in [4.69, 9.17) is 9.79 Å². The lowest BCUT2D eigenvalue weighted by molar-refractivity contribution is 0.190. The first kappa shape index (κ1) is 17.4. The number of aliphatic hydroxyl groups excluding tert-OH is 2. The lowest BCUT2D eigenvalue weighted by Gasteiger charge is -2.25. The monoisotopic (exact) mass is 339 g/mol. The maximum Gasteiger partial charge on any atom is 0.448 e. The number of rotatable bonds is 4. The van der Waals surface area contributed by atoms with Gasteiger partial charge in [-0.2, -0.15) is 4.76 Å². The van der Waals surface area contributed by atoms with Crippen molar-refractivity contribution in [3.05, 3.63) is 53.3 Å². The SMILES string of the molecule is CC(c1cccc(O)c1)C(O)C1=CC=C(O)CC1=NP(=O)(O)O. The maximum absolute atomic E-state index is 11.1. The van der Waals surface area contributed by atoms with Gasteiger partial charge in [-0.25, -0.2) is 4.57 Å². The van der Waals surface area contributed by atoms with Crippen molar-refractivity contribution in [2.75, 3.05) is 0 Å². The zero-order valence-corrected chi connectivity index (χ0v) is 13.3. The summed E-state index contributed by atoms with van der Waals surface area (Å²) in [4.78, 5) is 18.1. The van der Waals surface area contributed by atoms with Crippen LogP contribution < -0.4 is 0 Å². The van der Waals surface area contributed by atoms with Crippen molar-refractivity contribution in [3.63, 3.8) is 0 Å². The van der Waals surface area contributed by atoms with Gasteiger partial charge in [0.05, 0.1) is 17.6 Å². The van der Waals surface area contributed by atoms with Crippen molar-refractivity contribution in [2.24, 2.45) is 4.76 Å². The lowest BCUT2D eigenvalue weighted by atomic mass is 9.86. The Morgan fingerprint density at radius 2 is 1.91 bits per heavy atom. The molecule has 1 aliphatic carbocycles. The number of aliphatic hydroxyl groups is 2. The van der Waals surface area contributed by atoms with E-state index in [9.17, 15) is 19.9 Å². The maximum atomic E-state index is 11.1. The highest BCUT2D eigenvalue weighted by Gasteiger charge is 2.28. The molecule has 0 amide bonds. The number of benzene rings is 1. The Kier molecular flexibility index (Phi) is 5.06. The van der Waals surface area contributed by atoms with Crippen LogP contribution in [0.3, 0.4) is 0 Å². The fraction of sp³-hybridized carbons (Fsp3) is 0.267. The first-order valence-electron chi connectivity index (χ1n) is 6.89. The van der Waals surface area contributed by atoms with E-state index in [0.29, 0.717) is 5.56 Å². The minimum Gasteiger partial charge on any atom is -0.512 e. The van der Waals surface area contributed by atoms with Crippen LogP contribution in [0.5, 0.6) is 5.75 Å². The van der Waals surface area contributed by atoms with Crippen LogP contribution in [0.15, 0.2) is 52.5 Å². The smallest absolute Gasteiger partial charge is 0.448 e. The molecule has 1 aliphatic rings. The summed E-state index contributed by atoms with van der Waals surface area (Å²) in [5.74, 6) is -0.497. The fourth-order valence-electron chi connectivity index (χ4n) is 2.39. The van der Waals surface area contributed by atoms with Crippen LogP contribution in [-0.2, 0) is 4.57 Å². The molecular weight excluding hydrogens is 321 g/mol. The molecule has 0 saturated heterocycles. The summed E-state index contributed by atoms with van der Waals surface area (Å²) < 4.78 is 14.4. The minimum atomic E-state index is -4.69. The molecule has 8 heteroatoms. The van der Waals surface area contributed by atoms with Crippen LogP contribution in [0.1, 0.15) is 24.8 Å². The van der Waals surface area contributed by atoms with Crippen LogP contribution in [0.2, 0.25) is 0 Å². The van der Waals surface area contributed by atoms with Crippen LogP contribution in [0.4, 0.5) is 0 Å². The van der Waals surface area contributed by atoms with Gasteiger partial charge < -0.3 is 25.1 Å². The van der Waals surface area contributed by atoms with Crippen LogP contribution >= 0.6 is 7.75 Å². The number of nitrogens with zero attached hydrogens (tertiary/aromatic N) is 1. The average molecular weight is 339 g/mol. The summed E-state index contributed by atoms with van der Waals surface area (Å²) in [5, 5.41) is 29.6. The number of phenols is 1. The minimum absolute atomic E-state index is 0.0563. The first-order valence-corrected chi connectivity index (χ1v) is 8.45. The molecule has 5 N–H and O–H groups in total. The van der Waals surface area contributed by atoms with E-state index < -0.39 is 19.8 Å². The highest BCUT2D eigenvalue weighted by molar-refractivity contribution is 7.50. The quantitative estimate of drug-likeness (QED) is 0.534. The molecule has 2 rings (SSSR count). The van der Waals surface area contributed by atoms with Crippen LogP contribution in [0.25, 0.3) is 0 Å². The van der Waals surface area contributed by atoms with E-state index in [1.54, 1.807) is 19.1 Å². The van der Waals surface area contributed by atoms with E-state index >= 15 is 0 Å². The largest absolute Gasteiger partial charge is 0.512 e. The van der Waals surface area contributed by atoms with Crippen molar-refractivity contribution in [1.82, 2.24) is 0 Å². The van der Waals surface area contributed by atoms with E-state index in [1.165, 1.54) is 24.3 Å². The van der Waals surface area contributed by atoms with Gasteiger partial charge in [0.15, 0.2) is 0 Å². The average Bonchev–Trinajstić information content (AvgIpc) is 2.44. The molecule has 0 bridgehead atoms. The van der Waals surface area contributed by atoms with E-state index in [-0.39, 0.29) is 29.2 Å². The highest BCUT2D eigenvalue weighted by atomic mass is 31.2. The molecule has 2 unspecified atom stereocenters. The fourth-order valence-corrected chi connectivity index (χ4v) is 2.89. The van der Waals surface area contributed by atoms with Gasteiger partial charge in [0.25, 0.3) is 0 Å². The first-order chi connectivity index (χ1) is 10.7. The van der Waals surface area contributed by atoms with E-state index in [1.807, 2.05) is 0 Å². The Balaban J connectivity index is 2.37. The summed E-state index contributed by atoms with van der Waals surface area (Å²) in [6.45, 7) is 1.72. The number of hydrogen-bond acceptors (Lipinski definition) is 4. The van der Waals surface area contributed by atoms with Gasteiger partial charge in [0, 0.05) is 17.9 Å². The van der Waals surface area contributed by atoms with Gasteiger partial charge in [-0.05, 0) is 23.8 Å². The second-order valence-corrected chi connectivity index (χ2v) is 6.57. The Morgan fingerprint density at radius 1 is 1.22 bits per heavy atom. The van der Waals surface area contributed by atoms with Crippen molar-refractivity contribution < 1.29 is 29.7 Å². The number of aromatic hydroxyl groups is 1.